The number of hydrogen-bond donors (Lipinski definition) is 1. The molecule has 1 spiro atoms. The third-order valence-corrected chi connectivity index (χ3v) is 6.68. The van der Waals surface area contributed by atoms with Gasteiger partial charge in [0, 0.05) is 17.5 Å². The van der Waals surface area contributed by atoms with Gasteiger partial charge in [-0.1, -0.05) is 54.6 Å². The van der Waals surface area contributed by atoms with Crippen LogP contribution < -0.4 is 10.1 Å². The predicted octanol–water partition coefficient (Wildman–Crippen LogP) is 3.67. The lowest BCUT2D eigenvalue weighted by atomic mass is 9.84. The van der Waals surface area contributed by atoms with E-state index in [4.69, 9.17) is 4.74 Å². The standard InChI is InChI=1S/C26H20N2O4/c29-22(18-10-9-17-13-16-5-1-2-6-19(16)20(17)14-18)15-28-24(30)26(27-25(28)31)11-12-32-23-8-4-3-7-21(23)26/h1-10,14H,11-13,15H2,(H,27,31). The summed E-state index contributed by atoms with van der Waals surface area (Å²) in [6.45, 7) is 0.0188. The average molecular weight is 424 g/mol. The predicted molar refractivity (Wildman–Crippen MR) is 117 cm³/mol. The fourth-order valence-corrected chi connectivity index (χ4v) is 5.05. The van der Waals surface area contributed by atoms with Crippen LogP contribution in [0.15, 0.2) is 66.7 Å². The topological polar surface area (TPSA) is 75.7 Å². The number of benzene rings is 3. The van der Waals surface area contributed by atoms with E-state index in [1.807, 2.05) is 36.4 Å². The normalized spacial score (nSPS) is 20.4. The molecule has 1 unspecified atom stereocenters. The van der Waals surface area contributed by atoms with E-state index in [1.165, 1.54) is 11.1 Å². The molecule has 3 aromatic carbocycles. The highest BCUT2D eigenvalue weighted by molar-refractivity contribution is 6.12. The van der Waals surface area contributed by atoms with Crippen molar-refractivity contribution in [2.24, 2.45) is 0 Å². The number of urea groups is 1. The van der Waals surface area contributed by atoms with Crippen molar-refractivity contribution in [3.8, 4) is 16.9 Å². The molecule has 6 heteroatoms. The number of carbonyl (C=O) groups excluding carboxylic acids is 3. The van der Waals surface area contributed by atoms with E-state index in [9.17, 15) is 14.4 Å². The molecule has 0 radical (unpaired) electrons. The first-order valence-corrected chi connectivity index (χ1v) is 10.7. The number of amides is 3. The molecule has 1 atom stereocenters. The number of rotatable bonds is 3. The Morgan fingerprint density at radius 1 is 0.969 bits per heavy atom. The van der Waals surface area contributed by atoms with Crippen molar-refractivity contribution in [3.05, 3.63) is 89.0 Å². The zero-order chi connectivity index (χ0) is 21.9. The molecule has 2 aliphatic heterocycles. The minimum Gasteiger partial charge on any atom is -0.493 e. The van der Waals surface area contributed by atoms with Crippen LogP contribution in [0.1, 0.15) is 33.5 Å². The summed E-state index contributed by atoms with van der Waals surface area (Å²) in [5.41, 5.74) is 4.53. The lowest BCUT2D eigenvalue weighted by Gasteiger charge is -2.33. The molecule has 2 heterocycles. The highest BCUT2D eigenvalue weighted by Crippen LogP contribution is 2.41. The summed E-state index contributed by atoms with van der Waals surface area (Å²) < 4.78 is 5.66. The largest absolute Gasteiger partial charge is 0.493 e. The number of imide groups is 1. The summed E-state index contributed by atoms with van der Waals surface area (Å²) in [6.07, 6.45) is 1.17. The molecule has 158 valence electrons. The van der Waals surface area contributed by atoms with E-state index in [2.05, 4.69) is 17.4 Å². The monoisotopic (exact) mass is 424 g/mol. The first-order chi connectivity index (χ1) is 15.6. The van der Waals surface area contributed by atoms with Gasteiger partial charge < -0.3 is 10.1 Å². The molecule has 1 fully saturated rings. The van der Waals surface area contributed by atoms with Gasteiger partial charge in [-0.2, -0.15) is 0 Å². The number of hydrogen-bond acceptors (Lipinski definition) is 4. The number of fused-ring (bicyclic) bond motifs is 5. The molecule has 3 amide bonds. The van der Waals surface area contributed by atoms with Gasteiger partial charge in [-0.3, -0.25) is 14.5 Å². The molecule has 1 saturated heterocycles. The lowest BCUT2D eigenvalue weighted by Crippen LogP contribution is -2.47. The van der Waals surface area contributed by atoms with Crippen molar-refractivity contribution in [1.82, 2.24) is 10.2 Å². The van der Waals surface area contributed by atoms with Crippen LogP contribution in [0.4, 0.5) is 4.79 Å². The van der Waals surface area contributed by atoms with Crippen LogP contribution in [0.2, 0.25) is 0 Å². The number of ketones is 1. The number of para-hydroxylation sites is 1. The van der Waals surface area contributed by atoms with Gasteiger partial charge in [0.2, 0.25) is 0 Å². The van der Waals surface area contributed by atoms with E-state index < -0.39 is 17.5 Å². The Morgan fingerprint density at radius 3 is 2.66 bits per heavy atom. The molecular weight excluding hydrogens is 404 g/mol. The van der Waals surface area contributed by atoms with Gasteiger partial charge >= 0.3 is 6.03 Å². The van der Waals surface area contributed by atoms with Gasteiger partial charge in [0.25, 0.3) is 5.91 Å². The summed E-state index contributed by atoms with van der Waals surface area (Å²) in [5, 5.41) is 2.84. The van der Waals surface area contributed by atoms with Crippen LogP contribution in [0.25, 0.3) is 11.1 Å². The van der Waals surface area contributed by atoms with Crippen LogP contribution in [0.3, 0.4) is 0 Å². The number of ether oxygens (including phenoxy) is 1. The maximum Gasteiger partial charge on any atom is 0.325 e. The molecule has 1 N–H and O–H groups in total. The molecule has 3 aliphatic rings. The summed E-state index contributed by atoms with van der Waals surface area (Å²) in [6, 6.07) is 20.4. The second kappa shape index (κ2) is 6.79. The Hall–Kier alpha value is -3.93. The average Bonchev–Trinajstić information content (AvgIpc) is 3.30. The number of nitrogens with zero attached hydrogens (tertiary/aromatic N) is 1. The highest BCUT2D eigenvalue weighted by Gasteiger charge is 2.55. The fraction of sp³-hybridized carbons (Fsp3) is 0.192. The molecule has 32 heavy (non-hydrogen) atoms. The lowest BCUT2D eigenvalue weighted by molar-refractivity contribution is -0.132. The Kier molecular flexibility index (Phi) is 3.99. The smallest absolute Gasteiger partial charge is 0.325 e. The maximum atomic E-state index is 13.4. The molecule has 1 aliphatic carbocycles. The van der Waals surface area contributed by atoms with Gasteiger partial charge in [-0.05, 0) is 40.8 Å². The fourth-order valence-electron chi connectivity index (χ4n) is 5.05. The van der Waals surface area contributed by atoms with Crippen molar-refractivity contribution in [1.29, 1.82) is 0 Å². The summed E-state index contributed by atoms with van der Waals surface area (Å²) in [7, 11) is 0. The minimum absolute atomic E-state index is 0.266. The van der Waals surface area contributed by atoms with Gasteiger partial charge in [-0.15, -0.1) is 0 Å². The zero-order valence-electron chi connectivity index (χ0n) is 17.3. The molecule has 0 aromatic heterocycles. The van der Waals surface area contributed by atoms with Crippen molar-refractivity contribution in [3.63, 3.8) is 0 Å². The quantitative estimate of drug-likeness (QED) is 0.402. The van der Waals surface area contributed by atoms with Crippen LogP contribution in [-0.4, -0.2) is 35.8 Å². The second-order valence-electron chi connectivity index (χ2n) is 8.45. The van der Waals surface area contributed by atoms with Gasteiger partial charge in [0.1, 0.15) is 5.75 Å². The summed E-state index contributed by atoms with van der Waals surface area (Å²) in [5.74, 6) is -0.0888. The van der Waals surface area contributed by atoms with Crippen molar-refractivity contribution in [2.75, 3.05) is 13.2 Å². The number of Topliss-reactive ketones (excluding diaryl/α,β-unsaturated/α-hetero) is 1. The first-order valence-electron chi connectivity index (χ1n) is 10.7. The van der Waals surface area contributed by atoms with E-state index in [0.29, 0.717) is 29.9 Å². The molecule has 6 nitrogen and oxygen atoms in total. The Labute approximate surface area is 184 Å². The van der Waals surface area contributed by atoms with Crippen molar-refractivity contribution < 1.29 is 19.1 Å². The van der Waals surface area contributed by atoms with E-state index in [-0.39, 0.29) is 12.3 Å². The van der Waals surface area contributed by atoms with E-state index in [1.54, 1.807) is 18.2 Å². The Bertz CT molecular complexity index is 1310. The Balaban J connectivity index is 1.29. The number of nitrogens with one attached hydrogen (secondary N) is 1. The van der Waals surface area contributed by atoms with Crippen molar-refractivity contribution in [2.45, 2.75) is 18.4 Å². The van der Waals surface area contributed by atoms with Crippen LogP contribution >= 0.6 is 0 Å². The van der Waals surface area contributed by atoms with Gasteiger partial charge in [0.15, 0.2) is 11.3 Å². The van der Waals surface area contributed by atoms with Crippen molar-refractivity contribution >= 4 is 17.7 Å². The van der Waals surface area contributed by atoms with Crippen LogP contribution in [-0.2, 0) is 16.8 Å². The highest BCUT2D eigenvalue weighted by atomic mass is 16.5. The molecule has 0 bridgehead atoms. The first kappa shape index (κ1) is 18.8. The summed E-state index contributed by atoms with van der Waals surface area (Å²) >= 11 is 0. The number of carbonyl (C=O) groups is 3. The summed E-state index contributed by atoms with van der Waals surface area (Å²) in [4.78, 5) is 40.3. The SMILES string of the molecule is O=C(CN1C(=O)NC2(CCOc3ccccc32)C1=O)c1ccc2c(c1)-c1ccccc1C2. The molecule has 3 aromatic rings. The van der Waals surface area contributed by atoms with Gasteiger partial charge in [-0.25, -0.2) is 4.79 Å². The molecular formula is C26H20N2O4. The molecule has 0 saturated carbocycles. The molecule has 6 rings (SSSR count). The Morgan fingerprint density at radius 2 is 1.75 bits per heavy atom. The second-order valence-corrected chi connectivity index (χ2v) is 8.45. The zero-order valence-corrected chi connectivity index (χ0v) is 17.3. The third kappa shape index (κ3) is 2.62. The van der Waals surface area contributed by atoms with Crippen LogP contribution in [0, 0.1) is 0 Å². The minimum atomic E-state index is -1.18. The maximum absolute atomic E-state index is 13.4. The van der Waals surface area contributed by atoms with E-state index in [0.717, 1.165) is 22.4 Å². The van der Waals surface area contributed by atoms with Crippen LogP contribution in [0.5, 0.6) is 5.75 Å². The van der Waals surface area contributed by atoms with Gasteiger partial charge in [0.05, 0.1) is 13.2 Å². The van der Waals surface area contributed by atoms with E-state index >= 15 is 0 Å². The third-order valence-electron chi connectivity index (χ3n) is 6.68.